The van der Waals surface area contributed by atoms with Gasteiger partial charge in [-0.15, -0.1) is 0 Å². The van der Waals surface area contributed by atoms with Crippen LogP contribution in [0.4, 0.5) is 5.69 Å². The van der Waals surface area contributed by atoms with Gasteiger partial charge in [0.15, 0.2) is 0 Å². The second-order valence-corrected chi connectivity index (χ2v) is 7.88. The Kier molecular flexibility index (Phi) is 6.46. The van der Waals surface area contributed by atoms with Crippen molar-refractivity contribution in [3.63, 3.8) is 0 Å². The number of carbonyl (C=O) groups excluding carboxylic acids is 1. The van der Waals surface area contributed by atoms with Crippen LogP contribution in [0.25, 0.3) is 0 Å². The molecule has 0 aliphatic heterocycles. The topological polar surface area (TPSA) is 97.4 Å². The van der Waals surface area contributed by atoms with Crippen LogP contribution in [0.1, 0.15) is 15.9 Å². The lowest BCUT2D eigenvalue weighted by Crippen LogP contribution is -2.25. The predicted octanol–water partition coefficient (Wildman–Crippen LogP) is 2.86. The van der Waals surface area contributed by atoms with E-state index < -0.39 is 10.0 Å². The highest BCUT2D eigenvalue weighted by Crippen LogP contribution is 2.26. The number of hydrogen-bond acceptors (Lipinski definition) is 5. The molecule has 3 aromatic rings. The molecular formula is C21H21N3O4S. The minimum Gasteiger partial charge on any atom is -0.495 e. The highest BCUT2D eigenvalue weighted by Gasteiger charge is 2.17. The minimum absolute atomic E-state index is 0.0512. The van der Waals surface area contributed by atoms with E-state index in [1.165, 1.54) is 31.4 Å². The lowest BCUT2D eigenvalue weighted by Gasteiger charge is -2.12. The first-order valence-electron chi connectivity index (χ1n) is 8.92. The van der Waals surface area contributed by atoms with Crippen LogP contribution in [0.2, 0.25) is 0 Å². The Hall–Kier alpha value is -3.39. The van der Waals surface area contributed by atoms with Crippen molar-refractivity contribution in [3.8, 4) is 5.75 Å². The van der Waals surface area contributed by atoms with E-state index in [-0.39, 0.29) is 10.8 Å². The first-order valence-corrected chi connectivity index (χ1v) is 10.4. The number of nitrogens with one attached hydrogen (secondary N) is 2. The largest absolute Gasteiger partial charge is 0.495 e. The van der Waals surface area contributed by atoms with Gasteiger partial charge >= 0.3 is 0 Å². The van der Waals surface area contributed by atoms with Crippen molar-refractivity contribution in [1.29, 1.82) is 0 Å². The molecule has 0 saturated carbocycles. The number of aromatic nitrogens is 1. The molecular weight excluding hydrogens is 390 g/mol. The summed E-state index contributed by atoms with van der Waals surface area (Å²) in [6.07, 6.45) is 4.11. The Morgan fingerprint density at radius 3 is 2.48 bits per heavy atom. The lowest BCUT2D eigenvalue weighted by molar-refractivity contribution is 0.0954. The van der Waals surface area contributed by atoms with Crippen LogP contribution in [0, 0.1) is 0 Å². The molecule has 1 aromatic heterocycles. The molecule has 0 fully saturated rings. The Bertz CT molecular complexity index is 1070. The molecule has 0 unspecified atom stereocenters. The van der Waals surface area contributed by atoms with Gasteiger partial charge in [-0.05, 0) is 54.4 Å². The lowest BCUT2D eigenvalue weighted by atomic mass is 10.2. The fourth-order valence-corrected chi connectivity index (χ4v) is 3.76. The van der Waals surface area contributed by atoms with Crippen LogP contribution >= 0.6 is 0 Å². The summed E-state index contributed by atoms with van der Waals surface area (Å²) in [5, 5.41) is 2.81. The summed E-state index contributed by atoms with van der Waals surface area (Å²) in [4.78, 5) is 16.3. The Balaban J connectivity index is 1.63. The molecule has 2 aromatic carbocycles. The molecule has 0 bridgehead atoms. The third-order valence-electron chi connectivity index (χ3n) is 4.20. The maximum Gasteiger partial charge on any atom is 0.262 e. The van der Waals surface area contributed by atoms with Crippen molar-refractivity contribution in [1.82, 2.24) is 10.3 Å². The number of methoxy groups -OCH3 is 1. The number of anilines is 1. The maximum absolute atomic E-state index is 12.6. The number of ether oxygens (including phenoxy) is 1. The van der Waals surface area contributed by atoms with E-state index in [1.54, 1.807) is 36.7 Å². The number of para-hydroxylation sites is 2. The van der Waals surface area contributed by atoms with E-state index in [0.717, 1.165) is 5.56 Å². The van der Waals surface area contributed by atoms with Gasteiger partial charge in [0.2, 0.25) is 0 Å². The molecule has 29 heavy (non-hydrogen) atoms. The van der Waals surface area contributed by atoms with Crippen molar-refractivity contribution in [2.45, 2.75) is 11.3 Å². The number of pyridine rings is 1. The Morgan fingerprint density at radius 2 is 1.79 bits per heavy atom. The molecule has 3 rings (SSSR count). The summed E-state index contributed by atoms with van der Waals surface area (Å²) in [6.45, 7) is 0.458. The van der Waals surface area contributed by atoms with Crippen LogP contribution in [-0.4, -0.2) is 33.0 Å². The first-order chi connectivity index (χ1) is 14.0. The number of sulfonamides is 1. The van der Waals surface area contributed by atoms with Gasteiger partial charge < -0.3 is 10.1 Å². The summed E-state index contributed by atoms with van der Waals surface area (Å²) >= 11 is 0. The fourth-order valence-electron chi connectivity index (χ4n) is 2.69. The normalized spacial score (nSPS) is 10.9. The average Bonchev–Trinajstić information content (AvgIpc) is 2.74. The van der Waals surface area contributed by atoms with Gasteiger partial charge in [0, 0.05) is 24.5 Å². The van der Waals surface area contributed by atoms with Gasteiger partial charge in [-0.1, -0.05) is 18.2 Å². The van der Waals surface area contributed by atoms with Crippen LogP contribution in [0.3, 0.4) is 0 Å². The van der Waals surface area contributed by atoms with Crippen LogP contribution in [-0.2, 0) is 16.4 Å². The molecule has 1 amide bonds. The number of rotatable bonds is 8. The number of nitrogens with zero attached hydrogens (tertiary/aromatic N) is 1. The summed E-state index contributed by atoms with van der Waals surface area (Å²) in [7, 11) is -2.34. The molecule has 0 radical (unpaired) electrons. The zero-order chi connectivity index (χ0) is 20.7. The molecule has 8 heteroatoms. The van der Waals surface area contributed by atoms with E-state index in [0.29, 0.717) is 30.0 Å². The Morgan fingerprint density at radius 1 is 1.03 bits per heavy atom. The summed E-state index contributed by atoms with van der Waals surface area (Å²) in [6, 6.07) is 16.3. The van der Waals surface area contributed by atoms with Crippen molar-refractivity contribution < 1.29 is 17.9 Å². The van der Waals surface area contributed by atoms with Crippen molar-refractivity contribution in [2.75, 3.05) is 18.4 Å². The third-order valence-corrected chi connectivity index (χ3v) is 5.58. The van der Waals surface area contributed by atoms with Gasteiger partial charge in [-0.3, -0.25) is 14.5 Å². The third kappa shape index (κ3) is 5.32. The predicted molar refractivity (Wildman–Crippen MR) is 111 cm³/mol. The summed E-state index contributed by atoms with van der Waals surface area (Å²) in [5.41, 5.74) is 1.75. The van der Waals surface area contributed by atoms with Gasteiger partial charge in [-0.2, -0.15) is 0 Å². The molecule has 0 saturated heterocycles. The number of carbonyl (C=O) groups is 1. The average molecular weight is 411 g/mol. The van der Waals surface area contributed by atoms with Crippen LogP contribution < -0.4 is 14.8 Å². The van der Waals surface area contributed by atoms with Gasteiger partial charge in [-0.25, -0.2) is 8.42 Å². The van der Waals surface area contributed by atoms with E-state index in [9.17, 15) is 13.2 Å². The molecule has 0 aliphatic rings. The first kappa shape index (κ1) is 20.3. The SMILES string of the molecule is COc1ccccc1NS(=O)(=O)c1ccc(C(=O)NCCc2cccnc2)cc1. The summed E-state index contributed by atoms with van der Waals surface area (Å²) in [5.74, 6) is 0.149. The smallest absolute Gasteiger partial charge is 0.262 e. The highest BCUT2D eigenvalue weighted by atomic mass is 32.2. The zero-order valence-corrected chi connectivity index (χ0v) is 16.6. The van der Waals surface area contributed by atoms with Crippen molar-refractivity contribution >= 4 is 21.6 Å². The number of amides is 1. The summed E-state index contributed by atoms with van der Waals surface area (Å²) < 4.78 is 32.9. The van der Waals surface area contributed by atoms with E-state index >= 15 is 0 Å². The maximum atomic E-state index is 12.6. The molecule has 1 heterocycles. The highest BCUT2D eigenvalue weighted by molar-refractivity contribution is 7.92. The molecule has 150 valence electrons. The molecule has 7 nitrogen and oxygen atoms in total. The van der Waals surface area contributed by atoms with Crippen molar-refractivity contribution in [3.05, 3.63) is 84.2 Å². The quantitative estimate of drug-likeness (QED) is 0.594. The zero-order valence-electron chi connectivity index (χ0n) is 15.8. The van der Waals surface area contributed by atoms with Gasteiger partial charge in [0.05, 0.1) is 17.7 Å². The van der Waals surface area contributed by atoms with Crippen LogP contribution in [0.15, 0.2) is 78.0 Å². The van der Waals surface area contributed by atoms with Gasteiger partial charge in [0.1, 0.15) is 5.75 Å². The number of benzene rings is 2. The van der Waals surface area contributed by atoms with Crippen molar-refractivity contribution in [2.24, 2.45) is 0 Å². The minimum atomic E-state index is -3.81. The monoisotopic (exact) mass is 411 g/mol. The standard InChI is InChI=1S/C21H21N3O4S/c1-28-20-7-3-2-6-19(20)24-29(26,27)18-10-8-17(9-11-18)21(25)23-14-12-16-5-4-13-22-15-16/h2-11,13,15,24H,12,14H2,1H3,(H,23,25). The molecule has 0 atom stereocenters. The van der Waals surface area contributed by atoms with E-state index in [1.807, 2.05) is 12.1 Å². The molecule has 0 spiro atoms. The Labute approximate surface area is 169 Å². The second-order valence-electron chi connectivity index (χ2n) is 6.20. The van der Waals surface area contributed by atoms with E-state index in [4.69, 9.17) is 4.74 Å². The van der Waals surface area contributed by atoms with E-state index in [2.05, 4.69) is 15.0 Å². The number of hydrogen-bond donors (Lipinski definition) is 2. The molecule has 2 N–H and O–H groups in total. The molecule has 0 aliphatic carbocycles. The van der Waals surface area contributed by atoms with Crippen LogP contribution in [0.5, 0.6) is 5.75 Å². The fraction of sp³-hybridized carbons (Fsp3) is 0.143. The van der Waals surface area contributed by atoms with Gasteiger partial charge in [0.25, 0.3) is 15.9 Å². The second kappa shape index (κ2) is 9.20.